The van der Waals surface area contributed by atoms with Crippen molar-refractivity contribution in [2.75, 3.05) is 44.7 Å². The molecular weight excluding hydrogens is 288 g/mol. The van der Waals surface area contributed by atoms with Crippen LogP contribution in [0.25, 0.3) is 0 Å². The summed E-state index contributed by atoms with van der Waals surface area (Å²) in [5.41, 5.74) is 1.18. The molecule has 0 bridgehead atoms. The van der Waals surface area contributed by atoms with E-state index < -0.39 is 0 Å². The summed E-state index contributed by atoms with van der Waals surface area (Å²) in [4.78, 5) is 4.81. The number of benzene rings is 1. The molecule has 1 heterocycles. The minimum atomic E-state index is -0.145. The molecule has 2 fully saturated rings. The van der Waals surface area contributed by atoms with Crippen molar-refractivity contribution in [3.05, 3.63) is 24.3 Å². The molecule has 3 rings (SSSR count). The quantitative estimate of drug-likeness (QED) is 0.905. The van der Waals surface area contributed by atoms with Crippen molar-refractivity contribution in [1.82, 2.24) is 4.90 Å². The summed E-state index contributed by atoms with van der Waals surface area (Å²) in [5.74, 6) is 1.47. The first kappa shape index (κ1) is 16.6. The second-order valence-corrected chi connectivity index (χ2v) is 6.92. The van der Waals surface area contributed by atoms with Gasteiger partial charge in [-0.3, -0.25) is 4.90 Å². The van der Waals surface area contributed by atoms with Gasteiger partial charge in [-0.2, -0.15) is 0 Å². The summed E-state index contributed by atoms with van der Waals surface area (Å²) >= 11 is 0. The third-order valence-corrected chi connectivity index (χ3v) is 5.44. The van der Waals surface area contributed by atoms with Gasteiger partial charge in [0.05, 0.1) is 18.9 Å². The molecule has 1 saturated carbocycles. The highest BCUT2D eigenvalue weighted by molar-refractivity contribution is 5.58. The smallest absolute Gasteiger partial charge is 0.142 e. The average molecular weight is 318 g/mol. The first-order valence-corrected chi connectivity index (χ1v) is 9.06. The molecule has 128 valence electrons. The maximum Gasteiger partial charge on any atom is 0.142 e. The highest BCUT2D eigenvalue weighted by Gasteiger charge is 2.26. The molecule has 0 radical (unpaired) electrons. The third kappa shape index (κ3) is 4.18. The minimum absolute atomic E-state index is 0.145. The largest absolute Gasteiger partial charge is 0.495 e. The van der Waals surface area contributed by atoms with Crippen LogP contribution in [0, 0.1) is 5.92 Å². The van der Waals surface area contributed by atoms with E-state index in [1.54, 1.807) is 7.11 Å². The van der Waals surface area contributed by atoms with Crippen LogP contribution in [-0.4, -0.2) is 55.9 Å². The molecule has 0 amide bonds. The fourth-order valence-electron chi connectivity index (χ4n) is 3.99. The van der Waals surface area contributed by atoms with Crippen molar-refractivity contribution in [3.63, 3.8) is 0 Å². The third-order valence-electron chi connectivity index (χ3n) is 5.44. The van der Waals surface area contributed by atoms with Gasteiger partial charge < -0.3 is 14.7 Å². The van der Waals surface area contributed by atoms with E-state index in [-0.39, 0.29) is 6.10 Å². The topological polar surface area (TPSA) is 35.9 Å². The molecule has 1 aromatic rings. The first-order chi connectivity index (χ1) is 11.3. The number of hydrogen-bond donors (Lipinski definition) is 1. The van der Waals surface area contributed by atoms with Gasteiger partial charge in [-0.05, 0) is 30.9 Å². The van der Waals surface area contributed by atoms with Crippen LogP contribution in [-0.2, 0) is 0 Å². The molecule has 0 unspecified atom stereocenters. The first-order valence-electron chi connectivity index (χ1n) is 9.06. The van der Waals surface area contributed by atoms with Gasteiger partial charge in [0.1, 0.15) is 5.75 Å². The highest BCUT2D eigenvalue weighted by Crippen LogP contribution is 2.29. The van der Waals surface area contributed by atoms with Crippen molar-refractivity contribution in [2.45, 2.75) is 38.2 Å². The zero-order valence-corrected chi connectivity index (χ0v) is 14.3. The monoisotopic (exact) mass is 318 g/mol. The Kier molecular flexibility index (Phi) is 5.79. The van der Waals surface area contributed by atoms with Crippen LogP contribution in [0.4, 0.5) is 5.69 Å². The molecule has 1 N–H and O–H groups in total. The molecule has 1 saturated heterocycles. The number of anilines is 1. The lowest BCUT2D eigenvalue weighted by atomic mass is 9.85. The van der Waals surface area contributed by atoms with Gasteiger partial charge in [-0.15, -0.1) is 0 Å². The van der Waals surface area contributed by atoms with Crippen LogP contribution in [0.1, 0.15) is 32.1 Å². The Labute approximate surface area is 140 Å². The van der Waals surface area contributed by atoms with Gasteiger partial charge in [0.15, 0.2) is 0 Å². The second kappa shape index (κ2) is 8.02. The van der Waals surface area contributed by atoms with Gasteiger partial charge in [0.2, 0.25) is 0 Å². The molecule has 0 spiro atoms. The number of ether oxygens (including phenoxy) is 1. The van der Waals surface area contributed by atoms with E-state index >= 15 is 0 Å². The van der Waals surface area contributed by atoms with Gasteiger partial charge in [0, 0.05) is 32.7 Å². The summed E-state index contributed by atoms with van der Waals surface area (Å²) in [6.45, 7) is 4.86. The summed E-state index contributed by atoms with van der Waals surface area (Å²) < 4.78 is 5.47. The number of rotatable bonds is 5. The Bertz CT molecular complexity index is 480. The Balaban J connectivity index is 1.50. The number of aliphatic hydroxyl groups is 1. The molecule has 4 heteroatoms. The van der Waals surface area contributed by atoms with E-state index in [1.165, 1.54) is 37.8 Å². The summed E-state index contributed by atoms with van der Waals surface area (Å²) in [7, 11) is 1.73. The molecule has 23 heavy (non-hydrogen) atoms. The van der Waals surface area contributed by atoms with E-state index in [0.29, 0.717) is 5.92 Å². The van der Waals surface area contributed by atoms with Crippen LogP contribution >= 0.6 is 0 Å². The van der Waals surface area contributed by atoms with Crippen LogP contribution < -0.4 is 9.64 Å². The standard InChI is InChI=1S/C19H30N2O2/c1-23-19-10-6-5-9-17(19)21-13-11-20(12-14-21)15-18(22)16-7-3-2-4-8-16/h5-6,9-10,16,18,22H,2-4,7-8,11-15H2,1H3/t18-/m0/s1. The zero-order valence-electron chi connectivity index (χ0n) is 14.3. The van der Waals surface area contributed by atoms with Crippen molar-refractivity contribution in [3.8, 4) is 5.75 Å². The second-order valence-electron chi connectivity index (χ2n) is 6.92. The molecule has 1 aliphatic carbocycles. The van der Waals surface area contributed by atoms with Crippen molar-refractivity contribution in [1.29, 1.82) is 0 Å². The van der Waals surface area contributed by atoms with Crippen molar-refractivity contribution < 1.29 is 9.84 Å². The number of para-hydroxylation sites is 2. The molecule has 4 nitrogen and oxygen atoms in total. The number of aliphatic hydroxyl groups excluding tert-OH is 1. The van der Waals surface area contributed by atoms with Crippen LogP contribution in [0.5, 0.6) is 5.75 Å². The minimum Gasteiger partial charge on any atom is -0.495 e. The lowest BCUT2D eigenvalue weighted by Crippen LogP contribution is -2.49. The zero-order chi connectivity index (χ0) is 16.1. The normalized spacial score (nSPS) is 22.1. The van der Waals surface area contributed by atoms with E-state index in [9.17, 15) is 5.11 Å². The van der Waals surface area contributed by atoms with E-state index in [2.05, 4.69) is 21.9 Å². The number of methoxy groups -OCH3 is 1. The summed E-state index contributed by atoms with van der Waals surface area (Å²) in [6, 6.07) is 8.23. The summed E-state index contributed by atoms with van der Waals surface area (Å²) in [6.07, 6.45) is 6.21. The number of nitrogens with zero attached hydrogens (tertiary/aromatic N) is 2. The Morgan fingerprint density at radius 2 is 1.78 bits per heavy atom. The SMILES string of the molecule is COc1ccccc1N1CCN(C[C@H](O)C2CCCCC2)CC1. The van der Waals surface area contributed by atoms with Gasteiger partial charge in [-0.1, -0.05) is 31.4 Å². The fourth-order valence-corrected chi connectivity index (χ4v) is 3.99. The molecule has 1 aliphatic heterocycles. The van der Waals surface area contributed by atoms with Crippen LogP contribution in [0.2, 0.25) is 0 Å². The Morgan fingerprint density at radius 3 is 2.48 bits per heavy atom. The molecule has 1 aromatic carbocycles. The maximum absolute atomic E-state index is 10.5. The fraction of sp³-hybridized carbons (Fsp3) is 0.684. The Morgan fingerprint density at radius 1 is 1.09 bits per heavy atom. The van der Waals surface area contributed by atoms with E-state index in [0.717, 1.165) is 38.5 Å². The number of piperazine rings is 1. The van der Waals surface area contributed by atoms with Gasteiger partial charge in [0.25, 0.3) is 0 Å². The number of hydrogen-bond acceptors (Lipinski definition) is 4. The highest BCUT2D eigenvalue weighted by atomic mass is 16.5. The lowest BCUT2D eigenvalue weighted by molar-refractivity contribution is 0.0459. The molecule has 2 aliphatic rings. The molecule has 1 atom stereocenters. The van der Waals surface area contributed by atoms with Crippen LogP contribution in [0.15, 0.2) is 24.3 Å². The summed E-state index contributed by atoms with van der Waals surface area (Å²) in [5, 5.41) is 10.5. The van der Waals surface area contributed by atoms with Gasteiger partial charge >= 0.3 is 0 Å². The van der Waals surface area contributed by atoms with Crippen molar-refractivity contribution >= 4 is 5.69 Å². The van der Waals surface area contributed by atoms with E-state index in [4.69, 9.17) is 4.74 Å². The average Bonchev–Trinajstić information content (AvgIpc) is 2.63. The Hall–Kier alpha value is -1.26. The maximum atomic E-state index is 10.5. The van der Waals surface area contributed by atoms with Crippen molar-refractivity contribution in [2.24, 2.45) is 5.92 Å². The van der Waals surface area contributed by atoms with Gasteiger partial charge in [-0.25, -0.2) is 0 Å². The molecule has 0 aromatic heterocycles. The lowest BCUT2D eigenvalue weighted by Gasteiger charge is -2.38. The van der Waals surface area contributed by atoms with Crippen LogP contribution in [0.3, 0.4) is 0 Å². The predicted octanol–water partition coefficient (Wildman–Crippen LogP) is 2.76. The number of β-amino-alcohol motifs (C(OH)–C–C–N with tert-alkyl or cyclic N) is 1. The predicted molar refractivity (Wildman–Crippen MR) is 94.2 cm³/mol. The van der Waals surface area contributed by atoms with E-state index in [1.807, 2.05) is 12.1 Å². The molecular formula is C19H30N2O2.